The third-order valence-corrected chi connectivity index (χ3v) is 5.41. The molecule has 0 bridgehead atoms. The van der Waals surface area contributed by atoms with Gasteiger partial charge in [-0.2, -0.15) is 5.10 Å². The van der Waals surface area contributed by atoms with Crippen LogP contribution in [0.3, 0.4) is 0 Å². The summed E-state index contributed by atoms with van der Waals surface area (Å²) in [5, 5.41) is 7.16. The lowest BCUT2D eigenvalue weighted by atomic mass is 9.67. The monoisotopic (exact) mass is 370 g/mol. The molecule has 1 aliphatic heterocycles. The number of ether oxygens (including phenoxy) is 1. The molecule has 0 spiro atoms. The third kappa shape index (κ3) is 5.39. The molecule has 1 saturated heterocycles. The lowest BCUT2D eigenvalue weighted by molar-refractivity contribution is -0.121. The molecule has 3 rings (SSSR count). The molecule has 1 amide bonds. The van der Waals surface area contributed by atoms with E-state index >= 15 is 0 Å². The average molecular weight is 370 g/mol. The summed E-state index contributed by atoms with van der Waals surface area (Å²) in [5.74, 6) is 0.102. The number of nitrogens with zero attached hydrogens (tertiary/aromatic N) is 3. The van der Waals surface area contributed by atoms with E-state index in [1.54, 1.807) is 11.0 Å². The number of carbonyl (C=O) groups excluding carboxylic acids is 1. The Morgan fingerprint density at radius 1 is 1.30 bits per heavy atom. The van der Waals surface area contributed by atoms with Gasteiger partial charge >= 0.3 is 0 Å². The summed E-state index contributed by atoms with van der Waals surface area (Å²) < 4.78 is 7.71. The molecule has 0 saturated carbocycles. The van der Waals surface area contributed by atoms with Crippen molar-refractivity contribution in [1.29, 1.82) is 0 Å². The number of rotatable bonds is 8. The Morgan fingerprint density at radius 3 is 2.81 bits per heavy atom. The molecule has 2 heterocycles. The van der Waals surface area contributed by atoms with Crippen molar-refractivity contribution in [3.63, 3.8) is 0 Å². The van der Waals surface area contributed by atoms with Crippen molar-refractivity contribution in [2.45, 2.75) is 63.5 Å². The number of hydrogen-bond donors (Lipinski definition) is 1. The van der Waals surface area contributed by atoms with Crippen molar-refractivity contribution in [2.24, 2.45) is 0 Å². The number of nitrogens with one attached hydrogen (secondary N) is 1. The van der Waals surface area contributed by atoms with Crippen LogP contribution < -0.4 is 5.32 Å². The second kappa shape index (κ2) is 8.65. The van der Waals surface area contributed by atoms with Crippen LogP contribution in [-0.4, -0.2) is 39.4 Å². The predicted octanol–water partition coefficient (Wildman–Crippen LogP) is 3.09. The van der Waals surface area contributed by atoms with Crippen LogP contribution in [0.15, 0.2) is 43.0 Å². The summed E-state index contributed by atoms with van der Waals surface area (Å²) in [7, 11) is 0. The molecule has 1 aromatic carbocycles. The highest BCUT2D eigenvalue weighted by molar-refractivity contribution is 5.75. The van der Waals surface area contributed by atoms with E-state index in [0.29, 0.717) is 19.5 Å². The van der Waals surface area contributed by atoms with Crippen molar-refractivity contribution >= 4 is 5.91 Å². The fraction of sp³-hybridized carbons (Fsp3) is 0.571. The molecule has 1 aliphatic rings. The molecule has 0 unspecified atom stereocenters. The van der Waals surface area contributed by atoms with Gasteiger partial charge in [-0.1, -0.05) is 30.3 Å². The van der Waals surface area contributed by atoms with Gasteiger partial charge in [-0.05, 0) is 45.1 Å². The highest BCUT2D eigenvalue weighted by Gasteiger charge is 2.41. The van der Waals surface area contributed by atoms with Crippen molar-refractivity contribution in [2.75, 3.05) is 13.2 Å². The number of aryl methyl sites for hydroxylation is 1. The van der Waals surface area contributed by atoms with Gasteiger partial charge in [0.1, 0.15) is 12.7 Å². The first kappa shape index (κ1) is 19.5. The molecular formula is C21H30N4O2. The van der Waals surface area contributed by atoms with Gasteiger partial charge in [0.2, 0.25) is 5.91 Å². The third-order valence-electron chi connectivity index (χ3n) is 5.41. The topological polar surface area (TPSA) is 69.0 Å². The Morgan fingerprint density at radius 2 is 2.11 bits per heavy atom. The van der Waals surface area contributed by atoms with Crippen LogP contribution in [0.2, 0.25) is 0 Å². The van der Waals surface area contributed by atoms with Crippen molar-refractivity contribution < 1.29 is 9.53 Å². The fourth-order valence-corrected chi connectivity index (χ4v) is 4.15. The lowest BCUT2D eigenvalue weighted by Gasteiger charge is -2.45. The zero-order chi connectivity index (χ0) is 19.2. The van der Waals surface area contributed by atoms with Gasteiger partial charge in [0.05, 0.1) is 5.60 Å². The van der Waals surface area contributed by atoms with Crippen molar-refractivity contribution in [3.05, 3.63) is 48.5 Å². The van der Waals surface area contributed by atoms with Crippen LogP contribution in [0.4, 0.5) is 0 Å². The largest absolute Gasteiger partial charge is 0.376 e. The fourth-order valence-electron chi connectivity index (χ4n) is 4.15. The summed E-state index contributed by atoms with van der Waals surface area (Å²) in [4.78, 5) is 16.1. The standard InChI is InChI=1S/C21H30N4O2/c1-20(2)15-21(11-14-27-20,18-7-4-3-5-8-18)10-12-23-19(26)9-6-13-25-17-22-16-24-25/h3-5,7-8,16-17H,6,9-15H2,1-2H3,(H,23,26)/t21-/m1/s1. The van der Waals surface area contributed by atoms with E-state index in [2.05, 4.69) is 59.6 Å². The van der Waals surface area contributed by atoms with Crippen LogP contribution in [0.25, 0.3) is 0 Å². The minimum Gasteiger partial charge on any atom is -0.376 e. The Bertz CT molecular complexity index is 715. The number of amides is 1. The SMILES string of the molecule is CC1(C)C[C@](CCNC(=O)CCCn2cncn2)(c2ccccc2)CCO1. The minimum absolute atomic E-state index is 0.0526. The maximum Gasteiger partial charge on any atom is 0.220 e. The molecular weight excluding hydrogens is 340 g/mol. The first-order valence-electron chi connectivity index (χ1n) is 9.78. The molecule has 1 aromatic heterocycles. The normalized spacial score (nSPS) is 21.7. The summed E-state index contributed by atoms with van der Waals surface area (Å²) in [6.07, 6.45) is 7.34. The molecule has 6 nitrogen and oxygen atoms in total. The minimum atomic E-state index is -0.143. The second-order valence-corrected chi connectivity index (χ2v) is 8.04. The van der Waals surface area contributed by atoms with Gasteiger partial charge in [-0.25, -0.2) is 4.98 Å². The van der Waals surface area contributed by atoms with Gasteiger partial charge in [0.25, 0.3) is 0 Å². The number of benzene rings is 1. The Hall–Kier alpha value is -2.21. The highest BCUT2D eigenvalue weighted by atomic mass is 16.5. The number of aromatic nitrogens is 3. The Kier molecular flexibility index (Phi) is 6.26. The van der Waals surface area contributed by atoms with Crippen LogP contribution in [0.5, 0.6) is 0 Å². The smallest absolute Gasteiger partial charge is 0.220 e. The van der Waals surface area contributed by atoms with Gasteiger partial charge in [0.15, 0.2) is 0 Å². The maximum atomic E-state index is 12.2. The summed E-state index contributed by atoms with van der Waals surface area (Å²) in [6.45, 7) is 6.48. The van der Waals surface area contributed by atoms with Gasteiger partial charge in [0, 0.05) is 31.5 Å². The number of carbonyl (C=O) groups is 1. The zero-order valence-corrected chi connectivity index (χ0v) is 16.4. The average Bonchev–Trinajstić information content (AvgIpc) is 3.15. The van der Waals surface area contributed by atoms with E-state index in [0.717, 1.165) is 32.3 Å². The molecule has 0 radical (unpaired) electrons. The van der Waals surface area contributed by atoms with Gasteiger partial charge in [-0.3, -0.25) is 9.48 Å². The summed E-state index contributed by atoms with van der Waals surface area (Å²) in [6, 6.07) is 10.7. The van der Waals surface area contributed by atoms with E-state index < -0.39 is 0 Å². The van der Waals surface area contributed by atoms with Crippen molar-refractivity contribution in [3.8, 4) is 0 Å². The number of hydrogen-bond acceptors (Lipinski definition) is 4. The second-order valence-electron chi connectivity index (χ2n) is 8.04. The lowest BCUT2D eigenvalue weighted by Crippen LogP contribution is -2.45. The molecule has 1 fully saturated rings. The quantitative estimate of drug-likeness (QED) is 0.775. The molecule has 2 aromatic rings. The molecule has 1 N–H and O–H groups in total. The zero-order valence-electron chi connectivity index (χ0n) is 16.4. The van der Waals surface area contributed by atoms with Gasteiger partial charge < -0.3 is 10.1 Å². The van der Waals surface area contributed by atoms with Crippen LogP contribution >= 0.6 is 0 Å². The molecule has 0 aliphatic carbocycles. The molecule has 1 atom stereocenters. The van der Waals surface area contributed by atoms with E-state index in [4.69, 9.17) is 4.74 Å². The van der Waals surface area contributed by atoms with E-state index in [1.807, 2.05) is 0 Å². The maximum absolute atomic E-state index is 12.2. The summed E-state index contributed by atoms with van der Waals surface area (Å²) in [5.41, 5.74) is 1.26. The molecule has 146 valence electrons. The predicted molar refractivity (Wildman–Crippen MR) is 104 cm³/mol. The van der Waals surface area contributed by atoms with E-state index in [9.17, 15) is 4.79 Å². The van der Waals surface area contributed by atoms with E-state index in [-0.39, 0.29) is 16.9 Å². The van der Waals surface area contributed by atoms with Crippen LogP contribution in [0, 0.1) is 0 Å². The molecule has 6 heteroatoms. The Labute approximate surface area is 161 Å². The first-order chi connectivity index (χ1) is 13.0. The van der Waals surface area contributed by atoms with Gasteiger partial charge in [-0.15, -0.1) is 0 Å². The molecule has 27 heavy (non-hydrogen) atoms. The van der Waals surface area contributed by atoms with Crippen LogP contribution in [-0.2, 0) is 21.5 Å². The van der Waals surface area contributed by atoms with Crippen molar-refractivity contribution in [1.82, 2.24) is 20.1 Å². The highest BCUT2D eigenvalue weighted by Crippen LogP contribution is 2.43. The Balaban J connectivity index is 1.53. The first-order valence-corrected chi connectivity index (χ1v) is 9.78. The summed E-state index contributed by atoms with van der Waals surface area (Å²) >= 11 is 0. The van der Waals surface area contributed by atoms with E-state index in [1.165, 1.54) is 11.9 Å². The van der Waals surface area contributed by atoms with Crippen LogP contribution in [0.1, 0.15) is 51.5 Å².